The van der Waals surface area contributed by atoms with Gasteiger partial charge in [0.05, 0.1) is 15.5 Å². The lowest BCUT2D eigenvalue weighted by Gasteiger charge is -2.15. The van der Waals surface area contributed by atoms with Crippen molar-refractivity contribution in [1.29, 1.82) is 0 Å². The minimum atomic E-state index is -1.33. The van der Waals surface area contributed by atoms with Crippen LogP contribution in [0.5, 0.6) is 0 Å². The molecule has 3 nitrogen and oxygen atoms in total. The fraction of sp³-hybridized carbons (Fsp3) is 0.154. The molecule has 1 atom stereocenters. The number of carbonyl (C=O) groups is 1. The predicted molar refractivity (Wildman–Crippen MR) is 73.7 cm³/mol. The van der Waals surface area contributed by atoms with Gasteiger partial charge in [-0.25, -0.2) is 4.21 Å². The summed E-state index contributed by atoms with van der Waals surface area (Å²) in [4.78, 5) is 13.7. The van der Waals surface area contributed by atoms with E-state index in [0.29, 0.717) is 15.3 Å². The highest BCUT2D eigenvalue weighted by atomic mass is 32.2. The second-order valence-electron chi connectivity index (χ2n) is 4.21. The zero-order valence-electron chi connectivity index (χ0n) is 9.97. The molecule has 0 fully saturated rings. The van der Waals surface area contributed by atoms with E-state index in [1.165, 1.54) is 11.3 Å². The number of thiophene rings is 1. The van der Waals surface area contributed by atoms with Crippen LogP contribution in [0.25, 0.3) is 0 Å². The van der Waals surface area contributed by atoms with E-state index in [1.54, 1.807) is 17.4 Å². The van der Waals surface area contributed by atoms with Gasteiger partial charge in [0.15, 0.2) is 11.0 Å². The van der Waals surface area contributed by atoms with Gasteiger partial charge in [0.1, 0.15) is 0 Å². The van der Waals surface area contributed by atoms with Crippen LogP contribution in [0.1, 0.15) is 20.8 Å². The molecule has 0 saturated carbocycles. The molecule has 1 aromatic heterocycles. The van der Waals surface area contributed by atoms with Crippen molar-refractivity contribution >= 4 is 33.8 Å². The molecule has 2 aromatic rings. The Bertz CT molecular complexity index is 675. The zero-order chi connectivity index (χ0) is 12.9. The molecule has 18 heavy (non-hydrogen) atoms. The molecule has 0 amide bonds. The van der Waals surface area contributed by atoms with E-state index in [-0.39, 0.29) is 5.78 Å². The fourth-order valence-electron chi connectivity index (χ4n) is 2.04. The number of fused-ring (bicyclic) bond motifs is 2. The van der Waals surface area contributed by atoms with E-state index in [1.807, 2.05) is 30.5 Å². The summed E-state index contributed by atoms with van der Waals surface area (Å²) >= 11 is 1.39. The molecule has 5 heteroatoms. The fourth-order valence-corrected chi connectivity index (χ4v) is 4.24. The molecule has 1 aromatic carbocycles. The van der Waals surface area contributed by atoms with Crippen molar-refractivity contribution in [2.75, 3.05) is 11.4 Å². The van der Waals surface area contributed by atoms with Crippen LogP contribution < -0.4 is 4.31 Å². The molecule has 0 radical (unpaired) electrons. The topological polar surface area (TPSA) is 37.4 Å². The van der Waals surface area contributed by atoms with Crippen LogP contribution >= 0.6 is 11.3 Å². The van der Waals surface area contributed by atoms with Crippen LogP contribution in [0.15, 0.2) is 34.5 Å². The molecule has 0 saturated heterocycles. The Balaban J connectivity index is 2.33. The van der Waals surface area contributed by atoms with Gasteiger partial charge in [-0.15, -0.1) is 11.3 Å². The Labute approximate surface area is 112 Å². The molecule has 0 N–H and O–H groups in total. The van der Waals surface area contributed by atoms with Crippen molar-refractivity contribution in [2.45, 2.75) is 11.8 Å². The number of aryl methyl sites for hydroxylation is 1. The van der Waals surface area contributed by atoms with E-state index in [9.17, 15) is 9.00 Å². The normalized spacial score (nSPS) is 18.2. The van der Waals surface area contributed by atoms with Crippen LogP contribution in [0.3, 0.4) is 0 Å². The zero-order valence-corrected chi connectivity index (χ0v) is 11.6. The third-order valence-corrected chi connectivity index (χ3v) is 5.32. The first-order valence-corrected chi connectivity index (χ1v) is 7.46. The Kier molecular flexibility index (Phi) is 2.60. The number of hydrogen-bond acceptors (Lipinski definition) is 3. The van der Waals surface area contributed by atoms with E-state index in [4.69, 9.17) is 0 Å². The average molecular weight is 277 g/mol. The number of ketones is 1. The van der Waals surface area contributed by atoms with Crippen molar-refractivity contribution in [2.24, 2.45) is 0 Å². The van der Waals surface area contributed by atoms with Crippen LogP contribution in [0.2, 0.25) is 0 Å². The Morgan fingerprint density at radius 2 is 2.06 bits per heavy atom. The maximum Gasteiger partial charge on any atom is 0.206 e. The quantitative estimate of drug-likeness (QED) is 0.742. The van der Waals surface area contributed by atoms with Gasteiger partial charge in [-0.3, -0.25) is 9.10 Å². The summed E-state index contributed by atoms with van der Waals surface area (Å²) < 4.78 is 14.1. The summed E-state index contributed by atoms with van der Waals surface area (Å²) in [7, 11) is 0.427. The van der Waals surface area contributed by atoms with Crippen LogP contribution in [-0.4, -0.2) is 17.0 Å². The minimum absolute atomic E-state index is 0.0345. The van der Waals surface area contributed by atoms with Gasteiger partial charge >= 0.3 is 0 Å². The Morgan fingerprint density at radius 3 is 2.83 bits per heavy atom. The molecule has 92 valence electrons. The van der Waals surface area contributed by atoms with Crippen LogP contribution in [0.4, 0.5) is 5.69 Å². The third kappa shape index (κ3) is 1.54. The summed E-state index contributed by atoms with van der Waals surface area (Å²) in [6.45, 7) is 1.93. The van der Waals surface area contributed by atoms with Gasteiger partial charge in [0.2, 0.25) is 5.78 Å². The molecule has 0 bridgehead atoms. The first kappa shape index (κ1) is 11.6. The molecule has 1 aliphatic rings. The average Bonchev–Trinajstić information content (AvgIpc) is 2.82. The molecule has 1 aliphatic heterocycles. The SMILES string of the molecule is Cc1ccc2c(c1)S(=O)N(C)c1ccsc1C2=O. The predicted octanol–water partition coefficient (Wildman–Crippen LogP) is 2.76. The first-order valence-electron chi connectivity index (χ1n) is 5.48. The van der Waals surface area contributed by atoms with E-state index in [2.05, 4.69) is 0 Å². The van der Waals surface area contributed by atoms with Gasteiger partial charge in [0, 0.05) is 12.6 Å². The van der Waals surface area contributed by atoms with E-state index in [0.717, 1.165) is 11.3 Å². The summed E-state index contributed by atoms with van der Waals surface area (Å²) in [5.41, 5.74) is 2.30. The van der Waals surface area contributed by atoms with Crippen LogP contribution in [-0.2, 0) is 11.0 Å². The highest BCUT2D eigenvalue weighted by Gasteiger charge is 2.29. The number of rotatable bonds is 0. The molecular weight excluding hydrogens is 266 g/mol. The largest absolute Gasteiger partial charge is 0.289 e. The van der Waals surface area contributed by atoms with Gasteiger partial charge in [-0.05, 0) is 36.1 Å². The standard InChI is InChI=1S/C13H11NO2S2/c1-8-3-4-9-11(7-8)18(16)14(2)10-5-6-17-13(10)12(9)15/h3-7H,1-2H3. The second kappa shape index (κ2) is 4.03. The number of anilines is 1. The van der Waals surface area contributed by atoms with E-state index < -0.39 is 11.0 Å². The lowest BCUT2D eigenvalue weighted by molar-refractivity contribution is 0.104. The molecular formula is C13H11NO2S2. The summed E-state index contributed by atoms with van der Waals surface area (Å²) in [6, 6.07) is 7.32. The van der Waals surface area contributed by atoms with Crippen molar-refractivity contribution < 1.29 is 9.00 Å². The number of carbonyl (C=O) groups excluding carboxylic acids is 1. The number of hydrogen-bond donors (Lipinski definition) is 0. The van der Waals surface area contributed by atoms with Gasteiger partial charge in [-0.1, -0.05) is 6.07 Å². The molecule has 3 rings (SSSR count). The van der Waals surface area contributed by atoms with Crippen molar-refractivity contribution in [3.05, 3.63) is 45.6 Å². The van der Waals surface area contributed by atoms with Crippen molar-refractivity contribution in [1.82, 2.24) is 0 Å². The molecule has 2 heterocycles. The Hall–Kier alpha value is -1.46. The monoisotopic (exact) mass is 277 g/mol. The number of nitrogens with zero attached hydrogens (tertiary/aromatic N) is 1. The van der Waals surface area contributed by atoms with Crippen molar-refractivity contribution in [3.63, 3.8) is 0 Å². The van der Waals surface area contributed by atoms with E-state index >= 15 is 0 Å². The highest BCUT2D eigenvalue weighted by molar-refractivity contribution is 7.86. The molecule has 1 unspecified atom stereocenters. The maximum absolute atomic E-state index is 12.5. The lowest BCUT2D eigenvalue weighted by atomic mass is 10.1. The van der Waals surface area contributed by atoms with Gasteiger partial charge in [-0.2, -0.15) is 0 Å². The third-order valence-electron chi connectivity index (χ3n) is 3.01. The lowest BCUT2D eigenvalue weighted by Crippen LogP contribution is -2.19. The summed E-state index contributed by atoms with van der Waals surface area (Å²) in [6.07, 6.45) is 0. The smallest absolute Gasteiger partial charge is 0.206 e. The van der Waals surface area contributed by atoms with Gasteiger partial charge < -0.3 is 0 Å². The summed E-state index contributed by atoms with van der Waals surface area (Å²) in [5.74, 6) is -0.0345. The summed E-state index contributed by atoms with van der Waals surface area (Å²) in [5, 5.41) is 1.86. The first-order chi connectivity index (χ1) is 8.59. The van der Waals surface area contributed by atoms with Crippen LogP contribution in [0, 0.1) is 6.92 Å². The Morgan fingerprint density at radius 1 is 1.28 bits per heavy atom. The minimum Gasteiger partial charge on any atom is -0.289 e. The molecule has 0 spiro atoms. The highest BCUT2D eigenvalue weighted by Crippen LogP contribution is 2.35. The van der Waals surface area contributed by atoms with Crippen molar-refractivity contribution in [3.8, 4) is 0 Å². The van der Waals surface area contributed by atoms with Gasteiger partial charge in [0.25, 0.3) is 0 Å². The second-order valence-corrected chi connectivity index (χ2v) is 6.61. The molecule has 0 aliphatic carbocycles. The number of benzene rings is 1. The maximum atomic E-state index is 12.5.